The number of fused-ring (bicyclic) bond motifs is 1. The minimum absolute atomic E-state index is 0.0113. The third kappa shape index (κ3) is 2.20. The van der Waals surface area contributed by atoms with Crippen LogP contribution < -0.4 is 0 Å². The Morgan fingerprint density at radius 1 is 1.18 bits per heavy atom. The van der Waals surface area contributed by atoms with E-state index in [-0.39, 0.29) is 18.1 Å². The van der Waals surface area contributed by atoms with Crippen LogP contribution in [0.2, 0.25) is 0 Å². The molecule has 6 nitrogen and oxygen atoms in total. The summed E-state index contributed by atoms with van der Waals surface area (Å²) in [6.45, 7) is 4.20. The van der Waals surface area contributed by atoms with Gasteiger partial charge >= 0.3 is 5.97 Å². The number of hydrogen-bond acceptors (Lipinski definition) is 5. The van der Waals surface area contributed by atoms with Gasteiger partial charge in [0, 0.05) is 25.1 Å². The minimum Gasteiger partial charge on any atom is -0.461 e. The van der Waals surface area contributed by atoms with E-state index in [0.717, 1.165) is 36.7 Å². The lowest BCUT2D eigenvalue weighted by Gasteiger charge is -2.30. The zero-order chi connectivity index (χ0) is 15.1. The molecule has 2 atom stereocenters. The number of ether oxygens (including phenoxy) is 1. The number of carbonyl (C=O) groups is 1. The van der Waals surface area contributed by atoms with Crippen LogP contribution in [-0.2, 0) is 22.6 Å². The van der Waals surface area contributed by atoms with E-state index in [1.165, 1.54) is 0 Å². The fourth-order valence-electron chi connectivity index (χ4n) is 3.28. The van der Waals surface area contributed by atoms with Gasteiger partial charge < -0.3 is 9.30 Å². The minimum atomic E-state index is -0.138. The summed E-state index contributed by atoms with van der Waals surface area (Å²) in [5.41, 5.74) is 1.07. The molecule has 2 aromatic rings. The van der Waals surface area contributed by atoms with Crippen molar-refractivity contribution in [2.75, 3.05) is 6.54 Å². The third-order valence-corrected chi connectivity index (χ3v) is 4.40. The first-order chi connectivity index (χ1) is 10.7. The molecule has 1 saturated heterocycles. The summed E-state index contributed by atoms with van der Waals surface area (Å²) in [5, 5.41) is 8.65. The summed E-state index contributed by atoms with van der Waals surface area (Å²) in [4.78, 5) is 14.1. The molecule has 4 rings (SSSR count). The number of hydrogen-bond donors (Lipinski definition) is 0. The molecule has 1 fully saturated rings. The molecule has 0 aliphatic carbocycles. The Balaban J connectivity index is 1.58. The molecule has 2 aliphatic heterocycles. The Morgan fingerprint density at radius 2 is 2.00 bits per heavy atom. The van der Waals surface area contributed by atoms with Crippen LogP contribution in [0.5, 0.6) is 0 Å². The highest BCUT2D eigenvalue weighted by Gasteiger charge is 2.38. The first-order valence-electron chi connectivity index (χ1n) is 7.64. The van der Waals surface area contributed by atoms with Gasteiger partial charge in [-0.15, -0.1) is 10.2 Å². The Bertz CT molecular complexity index is 697. The predicted molar refractivity (Wildman–Crippen MR) is 79.8 cm³/mol. The molecular formula is C16H18N4O2. The topological polar surface area (TPSA) is 60.2 Å². The van der Waals surface area contributed by atoms with Crippen molar-refractivity contribution >= 4 is 5.97 Å². The summed E-state index contributed by atoms with van der Waals surface area (Å²) in [6, 6.07) is 9.94. The van der Waals surface area contributed by atoms with E-state index in [4.69, 9.17) is 4.74 Å². The van der Waals surface area contributed by atoms with Gasteiger partial charge in [-0.1, -0.05) is 30.3 Å². The zero-order valence-corrected chi connectivity index (χ0v) is 12.5. The van der Waals surface area contributed by atoms with E-state index in [2.05, 4.69) is 19.7 Å². The third-order valence-electron chi connectivity index (χ3n) is 4.40. The smallest absolute Gasteiger partial charge is 0.323 e. The quantitative estimate of drug-likeness (QED) is 0.786. The van der Waals surface area contributed by atoms with Gasteiger partial charge in [-0.3, -0.25) is 9.69 Å². The van der Waals surface area contributed by atoms with Crippen LogP contribution in [0.25, 0.3) is 11.4 Å². The van der Waals surface area contributed by atoms with E-state index in [9.17, 15) is 4.79 Å². The molecule has 1 aromatic carbocycles. The molecule has 0 saturated carbocycles. The van der Waals surface area contributed by atoms with Crippen molar-refractivity contribution < 1.29 is 9.53 Å². The largest absolute Gasteiger partial charge is 0.461 e. The van der Waals surface area contributed by atoms with E-state index < -0.39 is 0 Å². The molecule has 3 heterocycles. The van der Waals surface area contributed by atoms with Crippen LogP contribution in [0, 0.1) is 0 Å². The fourth-order valence-corrected chi connectivity index (χ4v) is 3.28. The summed E-state index contributed by atoms with van der Waals surface area (Å²) in [7, 11) is 0. The van der Waals surface area contributed by atoms with Gasteiger partial charge in [0.1, 0.15) is 18.0 Å². The molecule has 1 aromatic heterocycles. The molecule has 22 heavy (non-hydrogen) atoms. The highest BCUT2D eigenvalue weighted by Crippen LogP contribution is 2.26. The van der Waals surface area contributed by atoms with Crippen molar-refractivity contribution in [1.82, 2.24) is 19.7 Å². The van der Waals surface area contributed by atoms with E-state index in [0.29, 0.717) is 6.54 Å². The number of benzene rings is 1. The Kier molecular flexibility index (Phi) is 3.18. The zero-order valence-electron chi connectivity index (χ0n) is 12.5. The van der Waals surface area contributed by atoms with Crippen LogP contribution in [0.1, 0.15) is 19.2 Å². The molecular weight excluding hydrogens is 280 g/mol. The molecule has 0 N–H and O–H groups in total. The molecule has 0 spiro atoms. The SMILES string of the molecule is C[C@H]1C[C@H](N2CCn3c(nnc3-c3ccccc3)C2)C(=O)O1. The lowest BCUT2D eigenvalue weighted by atomic mass is 10.1. The van der Waals surface area contributed by atoms with Crippen molar-refractivity contribution in [3.63, 3.8) is 0 Å². The van der Waals surface area contributed by atoms with E-state index in [1.54, 1.807) is 0 Å². The van der Waals surface area contributed by atoms with Crippen LogP contribution in [0.4, 0.5) is 0 Å². The standard InChI is InChI=1S/C16H18N4O2/c1-11-9-13(16(21)22-11)19-7-8-20-14(10-19)17-18-15(20)12-5-3-2-4-6-12/h2-6,11,13H,7-10H2,1H3/t11-,13-/m0/s1. The average Bonchev–Trinajstić information content (AvgIpc) is 3.10. The van der Waals surface area contributed by atoms with Gasteiger partial charge in [0.15, 0.2) is 5.82 Å². The first kappa shape index (κ1) is 13.5. The number of nitrogens with zero attached hydrogens (tertiary/aromatic N) is 4. The van der Waals surface area contributed by atoms with Gasteiger partial charge in [0.2, 0.25) is 0 Å². The highest BCUT2D eigenvalue weighted by atomic mass is 16.6. The normalized spacial score (nSPS) is 25.0. The lowest BCUT2D eigenvalue weighted by molar-refractivity contribution is -0.145. The van der Waals surface area contributed by atoms with Crippen LogP contribution in [0.15, 0.2) is 30.3 Å². The summed E-state index contributed by atoms with van der Waals surface area (Å²) < 4.78 is 7.41. The molecule has 0 amide bonds. The van der Waals surface area contributed by atoms with E-state index >= 15 is 0 Å². The van der Waals surface area contributed by atoms with Gasteiger partial charge in [0.05, 0.1) is 6.54 Å². The van der Waals surface area contributed by atoms with Gasteiger partial charge in [-0.25, -0.2) is 0 Å². The van der Waals surface area contributed by atoms with Gasteiger partial charge in [-0.2, -0.15) is 0 Å². The second-order valence-corrected chi connectivity index (χ2v) is 5.93. The lowest BCUT2D eigenvalue weighted by Crippen LogP contribution is -2.43. The summed E-state index contributed by atoms with van der Waals surface area (Å²) >= 11 is 0. The number of rotatable bonds is 2. The molecule has 2 aliphatic rings. The Morgan fingerprint density at radius 3 is 2.73 bits per heavy atom. The molecule has 114 valence electrons. The average molecular weight is 298 g/mol. The van der Waals surface area contributed by atoms with Gasteiger partial charge in [-0.05, 0) is 6.92 Å². The number of aromatic nitrogens is 3. The van der Waals surface area contributed by atoms with Crippen molar-refractivity contribution in [1.29, 1.82) is 0 Å². The summed E-state index contributed by atoms with van der Waals surface area (Å²) in [6.07, 6.45) is 0.774. The summed E-state index contributed by atoms with van der Waals surface area (Å²) in [5.74, 6) is 1.71. The number of carbonyl (C=O) groups excluding carboxylic acids is 1. The monoisotopic (exact) mass is 298 g/mol. The molecule has 0 unspecified atom stereocenters. The van der Waals surface area contributed by atoms with Gasteiger partial charge in [0.25, 0.3) is 0 Å². The van der Waals surface area contributed by atoms with Crippen LogP contribution >= 0.6 is 0 Å². The maximum absolute atomic E-state index is 11.9. The highest BCUT2D eigenvalue weighted by molar-refractivity contribution is 5.78. The predicted octanol–water partition coefficient (Wildman–Crippen LogP) is 1.46. The van der Waals surface area contributed by atoms with Crippen LogP contribution in [-0.4, -0.2) is 44.3 Å². The van der Waals surface area contributed by atoms with Crippen LogP contribution in [0.3, 0.4) is 0 Å². The molecule has 6 heteroatoms. The van der Waals surface area contributed by atoms with Crippen molar-refractivity contribution in [2.24, 2.45) is 0 Å². The maximum atomic E-state index is 11.9. The van der Waals surface area contributed by atoms with Crippen molar-refractivity contribution in [3.05, 3.63) is 36.2 Å². The van der Waals surface area contributed by atoms with Crippen molar-refractivity contribution in [2.45, 2.75) is 38.6 Å². The first-order valence-corrected chi connectivity index (χ1v) is 7.64. The number of esters is 1. The Hall–Kier alpha value is -2.21. The van der Waals surface area contributed by atoms with Crippen molar-refractivity contribution in [3.8, 4) is 11.4 Å². The maximum Gasteiger partial charge on any atom is 0.323 e. The Labute approximate surface area is 128 Å². The second-order valence-electron chi connectivity index (χ2n) is 5.93. The molecule has 0 radical (unpaired) electrons. The second kappa shape index (κ2) is 5.21. The number of cyclic esters (lactones) is 1. The molecule has 0 bridgehead atoms. The fraction of sp³-hybridized carbons (Fsp3) is 0.438. The van der Waals surface area contributed by atoms with E-state index in [1.807, 2.05) is 37.3 Å².